The summed E-state index contributed by atoms with van der Waals surface area (Å²) in [4.78, 5) is 4.22. The average molecular weight is 406 g/mol. The lowest BCUT2D eigenvalue weighted by Gasteiger charge is -2.12. The smallest absolute Gasteiger partial charge is 0.101 e. The molecule has 0 spiro atoms. The third kappa shape index (κ3) is 2.92. The molecule has 0 unspecified atom stereocenters. The highest BCUT2D eigenvalue weighted by molar-refractivity contribution is 6.25. The maximum Gasteiger partial charge on any atom is 0.101 e. The second-order valence-corrected chi connectivity index (χ2v) is 8.01. The van der Waals surface area contributed by atoms with E-state index in [2.05, 4.69) is 102 Å². The van der Waals surface area contributed by atoms with Gasteiger partial charge in [-0.2, -0.15) is 5.26 Å². The van der Waals surface area contributed by atoms with E-state index in [0.717, 1.165) is 16.7 Å². The van der Waals surface area contributed by atoms with Crippen molar-refractivity contribution >= 4 is 32.3 Å². The molecule has 0 bridgehead atoms. The van der Waals surface area contributed by atoms with Gasteiger partial charge in [-0.05, 0) is 67.2 Å². The molecule has 6 aromatic rings. The first kappa shape index (κ1) is 18.3. The second-order valence-electron chi connectivity index (χ2n) is 8.01. The number of pyridine rings is 1. The molecule has 1 aromatic heterocycles. The van der Waals surface area contributed by atoms with Crippen LogP contribution in [0.2, 0.25) is 0 Å². The molecule has 2 nitrogen and oxygen atoms in total. The van der Waals surface area contributed by atoms with Crippen molar-refractivity contribution in [1.29, 1.82) is 5.26 Å². The SMILES string of the molecule is N#Cc1cncc(-c2cccc(-c3ccc4c5ccccc5c5ccccc5c4c3)c2)c1. The van der Waals surface area contributed by atoms with Crippen LogP contribution in [-0.2, 0) is 0 Å². The van der Waals surface area contributed by atoms with Crippen LogP contribution in [0.5, 0.6) is 0 Å². The molecule has 1 heterocycles. The minimum Gasteiger partial charge on any atom is -0.263 e. The first-order valence-corrected chi connectivity index (χ1v) is 10.6. The fourth-order valence-corrected chi connectivity index (χ4v) is 4.62. The zero-order valence-corrected chi connectivity index (χ0v) is 17.3. The van der Waals surface area contributed by atoms with E-state index in [1.807, 2.05) is 6.07 Å². The molecule has 0 aliphatic heterocycles. The van der Waals surface area contributed by atoms with E-state index in [1.165, 1.54) is 37.9 Å². The predicted molar refractivity (Wildman–Crippen MR) is 132 cm³/mol. The van der Waals surface area contributed by atoms with Crippen LogP contribution in [0.4, 0.5) is 0 Å². The number of nitrogens with zero attached hydrogens (tertiary/aromatic N) is 2. The summed E-state index contributed by atoms with van der Waals surface area (Å²) in [5, 5.41) is 16.9. The topological polar surface area (TPSA) is 36.7 Å². The highest BCUT2D eigenvalue weighted by atomic mass is 14.6. The third-order valence-corrected chi connectivity index (χ3v) is 6.14. The van der Waals surface area contributed by atoms with Crippen molar-refractivity contribution in [3.63, 3.8) is 0 Å². The van der Waals surface area contributed by atoms with Crippen LogP contribution in [-0.4, -0.2) is 4.98 Å². The summed E-state index contributed by atoms with van der Waals surface area (Å²) in [5.41, 5.74) is 4.88. The van der Waals surface area contributed by atoms with E-state index in [-0.39, 0.29) is 0 Å². The van der Waals surface area contributed by atoms with Gasteiger partial charge in [0.05, 0.1) is 5.56 Å². The molecule has 0 saturated carbocycles. The molecular formula is C30H18N2. The van der Waals surface area contributed by atoms with Gasteiger partial charge in [0.25, 0.3) is 0 Å². The Hall–Kier alpha value is -4.48. The molecular weight excluding hydrogens is 388 g/mol. The second kappa shape index (κ2) is 7.34. The number of nitriles is 1. The summed E-state index contributed by atoms with van der Waals surface area (Å²) < 4.78 is 0. The van der Waals surface area contributed by atoms with E-state index in [0.29, 0.717) is 5.56 Å². The van der Waals surface area contributed by atoms with Crippen LogP contribution in [0.15, 0.2) is 109 Å². The molecule has 5 aromatic carbocycles. The molecule has 0 atom stereocenters. The zero-order valence-electron chi connectivity index (χ0n) is 17.3. The lowest BCUT2D eigenvalue weighted by molar-refractivity contribution is 1.30. The Morgan fingerprint density at radius 2 is 1.03 bits per heavy atom. The van der Waals surface area contributed by atoms with Crippen molar-refractivity contribution in [2.45, 2.75) is 0 Å². The molecule has 0 N–H and O–H groups in total. The molecule has 0 fully saturated rings. The Balaban J connectivity index is 1.58. The van der Waals surface area contributed by atoms with Crippen LogP contribution in [0.1, 0.15) is 5.56 Å². The molecule has 0 aliphatic carbocycles. The van der Waals surface area contributed by atoms with Gasteiger partial charge in [-0.25, -0.2) is 0 Å². The Morgan fingerprint density at radius 3 is 1.69 bits per heavy atom. The van der Waals surface area contributed by atoms with Gasteiger partial charge in [0.1, 0.15) is 6.07 Å². The number of aromatic nitrogens is 1. The summed E-state index contributed by atoms with van der Waals surface area (Å²) in [6.45, 7) is 0. The monoisotopic (exact) mass is 406 g/mol. The van der Waals surface area contributed by atoms with Crippen LogP contribution in [0.25, 0.3) is 54.6 Å². The maximum absolute atomic E-state index is 9.21. The van der Waals surface area contributed by atoms with Crippen LogP contribution >= 0.6 is 0 Å². The highest BCUT2D eigenvalue weighted by Gasteiger charge is 2.10. The van der Waals surface area contributed by atoms with Crippen molar-refractivity contribution in [3.05, 3.63) is 115 Å². The average Bonchev–Trinajstić information content (AvgIpc) is 2.88. The van der Waals surface area contributed by atoms with Gasteiger partial charge < -0.3 is 0 Å². The third-order valence-electron chi connectivity index (χ3n) is 6.14. The van der Waals surface area contributed by atoms with Gasteiger partial charge in [-0.1, -0.05) is 78.9 Å². The van der Waals surface area contributed by atoms with Gasteiger partial charge in [0.2, 0.25) is 0 Å². The standard InChI is InChI=1S/C30H18N2/c31-17-20-14-24(19-32-18-20)22-7-5-6-21(15-22)23-12-13-29-27-10-2-1-8-25(27)26-9-3-4-11-28(26)30(29)16-23/h1-16,18-19H. The number of hydrogen-bond donors (Lipinski definition) is 0. The van der Waals surface area contributed by atoms with Gasteiger partial charge in [0, 0.05) is 18.0 Å². The number of rotatable bonds is 2. The lowest BCUT2D eigenvalue weighted by Crippen LogP contribution is -1.86. The van der Waals surface area contributed by atoms with E-state index in [9.17, 15) is 5.26 Å². The molecule has 0 aliphatic rings. The number of hydrogen-bond acceptors (Lipinski definition) is 2. The van der Waals surface area contributed by atoms with Crippen molar-refractivity contribution in [2.24, 2.45) is 0 Å². The normalized spacial score (nSPS) is 11.1. The first-order valence-electron chi connectivity index (χ1n) is 10.6. The van der Waals surface area contributed by atoms with Gasteiger partial charge in [0.15, 0.2) is 0 Å². The molecule has 0 amide bonds. The van der Waals surface area contributed by atoms with Crippen LogP contribution < -0.4 is 0 Å². The van der Waals surface area contributed by atoms with Crippen molar-refractivity contribution in [1.82, 2.24) is 4.98 Å². The maximum atomic E-state index is 9.21. The van der Waals surface area contributed by atoms with Crippen molar-refractivity contribution in [2.75, 3.05) is 0 Å². The molecule has 148 valence electrons. The quantitative estimate of drug-likeness (QED) is 0.276. The fraction of sp³-hybridized carbons (Fsp3) is 0. The number of fused-ring (bicyclic) bond motifs is 6. The van der Waals surface area contributed by atoms with Crippen LogP contribution in [0.3, 0.4) is 0 Å². The Morgan fingerprint density at radius 1 is 0.469 bits per heavy atom. The Kier molecular flexibility index (Phi) is 4.20. The first-order chi connectivity index (χ1) is 15.8. The lowest BCUT2D eigenvalue weighted by atomic mass is 9.91. The largest absolute Gasteiger partial charge is 0.263 e. The molecule has 0 radical (unpaired) electrons. The molecule has 0 saturated heterocycles. The minimum absolute atomic E-state index is 0.567. The fourth-order valence-electron chi connectivity index (χ4n) is 4.62. The van der Waals surface area contributed by atoms with E-state index < -0.39 is 0 Å². The van der Waals surface area contributed by atoms with Gasteiger partial charge >= 0.3 is 0 Å². The van der Waals surface area contributed by atoms with Crippen LogP contribution in [0, 0.1) is 11.3 Å². The Labute approximate surface area is 186 Å². The van der Waals surface area contributed by atoms with E-state index >= 15 is 0 Å². The zero-order chi connectivity index (χ0) is 21.5. The molecule has 2 heteroatoms. The summed E-state index contributed by atoms with van der Waals surface area (Å²) >= 11 is 0. The minimum atomic E-state index is 0.567. The van der Waals surface area contributed by atoms with Gasteiger partial charge in [-0.3, -0.25) is 4.98 Å². The summed E-state index contributed by atoms with van der Waals surface area (Å²) in [6.07, 6.45) is 3.39. The molecule has 6 rings (SSSR count). The number of benzene rings is 5. The van der Waals surface area contributed by atoms with Crippen molar-refractivity contribution in [3.8, 4) is 28.3 Å². The summed E-state index contributed by atoms with van der Waals surface area (Å²) in [6, 6.07) is 36.5. The molecule has 32 heavy (non-hydrogen) atoms. The Bertz CT molecular complexity index is 1650. The van der Waals surface area contributed by atoms with Gasteiger partial charge in [-0.15, -0.1) is 0 Å². The summed E-state index contributed by atoms with van der Waals surface area (Å²) in [5.74, 6) is 0. The predicted octanol–water partition coefficient (Wildman–Crippen LogP) is 7.75. The highest BCUT2D eigenvalue weighted by Crippen LogP contribution is 2.37. The summed E-state index contributed by atoms with van der Waals surface area (Å²) in [7, 11) is 0. The van der Waals surface area contributed by atoms with E-state index in [4.69, 9.17) is 0 Å². The van der Waals surface area contributed by atoms with E-state index in [1.54, 1.807) is 12.4 Å². The van der Waals surface area contributed by atoms with Crippen molar-refractivity contribution < 1.29 is 0 Å².